The fourth-order valence-corrected chi connectivity index (χ4v) is 1.45. The van der Waals surface area contributed by atoms with Crippen LogP contribution in [0.2, 0.25) is 0 Å². The summed E-state index contributed by atoms with van der Waals surface area (Å²) in [4.78, 5) is 0. The molecule has 1 fully saturated rings. The molecule has 92 valence electrons. The molecule has 0 atom stereocenters. The van der Waals surface area contributed by atoms with Gasteiger partial charge in [-0.25, -0.2) is 0 Å². The molecule has 2 rings (SSSR count). The molecule has 0 bridgehead atoms. The summed E-state index contributed by atoms with van der Waals surface area (Å²) in [5, 5.41) is 0. The topological polar surface area (TPSA) is 0 Å². The molecule has 0 aliphatic heterocycles. The predicted octanol–water partition coefficient (Wildman–Crippen LogP) is 6.01. The SMILES string of the molecule is C1CCCCC1.ClC(Cl)Cl.c1ccccc1. The fraction of sp³-hybridized carbons (Fsp3) is 0.538. The summed E-state index contributed by atoms with van der Waals surface area (Å²) in [5.74, 6) is 0. The maximum atomic E-state index is 4.81. The fourth-order valence-electron chi connectivity index (χ4n) is 1.45. The van der Waals surface area contributed by atoms with Gasteiger partial charge in [0.1, 0.15) is 0 Å². The summed E-state index contributed by atoms with van der Waals surface area (Å²) in [6.45, 7) is 0. The number of benzene rings is 1. The van der Waals surface area contributed by atoms with Gasteiger partial charge in [-0.2, -0.15) is 0 Å². The maximum Gasteiger partial charge on any atom is 0.180 e. The van der Waals surface area contributed by atoms with E-state index >= 15 is 0 Å². The molecule has 0 heterocycles. The van der Waals surface area contributed by atoms with Gasteiger partial charge in [0.15, 0.2) is 4.30 Å². The second-order valence-corrected chi connectivity index (χ2v) is 5.50. The van der Waals surface area contributed by atoms with E-state index in [-0.39, 0.29) is 0 Å². The smallest absolute Gasteiger partial charge is 0.0874 e. The minimum Gasteiger partial charge on any atom is -0.0874 e. The van der Waals surface area contributed by atoms with Crippen LogP contribution in [0.5, 0.6) is 0 Å². The normalized spacial score (nSPS) is 14.2. The van der Waals surface area contributed by atoms with Crippen LogP contribution in [-0.2, 0) is 0 Å². The van der Waals surface area contributed by atoms with Crippen LogP contribution in [0.4, 0.5) is 0 Å². The van der Waals surface area contributed by atoms with Crippen LogP contribution < -0.4 is 0 Å². The van der Waals surface area contributed by atoms with Gasteiger partial charge in [0.2, 0.25) is 0 Å². The van der Waals surface area contributed by atoms with Gasteiger partial charge < -0.3 is 0 Å². The highest BCUT2D eigenvalue weighted by Crippen LogP contribution is 2.15. The lowest BCUT2D eigenvalue weighted by atomic mass is 10.0. The summed E-state index contributed by atoms with van der Waals surface area (Å²) in [6, 6.07) is 12.0. The Bertz CT molecular complexity index is 167. The first-order valence-electron chi connectivity index (χ1n) is 5.65. The molecule has 1 aromatic rings. The molecular weight excluding hydrogens is 263 g/mol. The zero-order valence-electron chi connectivity index (χ0n) is 9.42. The van der Waals surface area contributed by atoms with Gasteiger partial charge in [0.25, 0.3) is 0 Å². The molecule has 1 aromatic carbocycles. The van der Waals surface area contributed by atoms with Crippen molar-refractivity contribution in [2.24, 2.45) is 0 Å². The van der Waals surface area contributed by atoms with E-state index in [0.29, 0.717) is 0 Å². The molecule has 0 amide bonds. The molecule has 16 heavy (non-hydrogen) atoms. The number of hydrogen-bond acceptors (Lipinski definition) is 0. The van der Waals surface area contributed by atoms with E-state index in [1.54, 1.807) is 0 Å². The van der Waals surface area contributed by atoms with Gasteiger partial charge in [0, 0.05) is 0 Å². The van der Waals surface area contributed by atoms with Crippen LogP contribution in [0.3, 0.4) is 0 Å². The Labute approximate surface area is 114 Å². The minimum absolute atomic E-state index is 0.750. The molecule has 0 N–H and O–H groups in total. The Hall–Kier alpha value is 0.0900. The van der Waals surface area contributed by atoms with Gasteiger partial charge in [-0.05, 0) is 0 Å². The average molecular weight is 282 g/mol. The summed E-state index contributed by atoms with van der Waals surface area (Å²) in [5.41, 5.74) is 0. The van der Waals surface area contributed by atoms with Crippen molar-refractivity contribution in [3.63, 3.8) is 0 Å². The highest BCUT2D eigenvalue weighted by atomic mass is 35.6. The summed E-state index contributed by atoms with van der Waals surface area (Å²) < 4.78 is -0.750. The van der Waals surface area contributed by atoms with E-state index in [1.807, 2.05) is 36.4 Å². The van der Waals surface area contributed by atoms with Gasteiger partial charge in [-0.1, -0.05) is 110 Å². The van der Waals surface area contributed by atoms with Crippen LogP contribution >= 0.6 is 34.8 Å². The van der Waals surface area contributed by atoms with Gasteiger partial charge >= 0.3 is 0 Å². The molecule has 1 aliphatic carbocycles. The molecule has 0 spiro atoms. The van der Waals surface area contributed by atoms with Crippen LogP contribution in [0.15, 0.2) is 36.4 Å². The van der Waals surface area contributed by atoms with Crippen LogP contribution in [-0.4, -0.2) is 4.30 Å². The second-order valence-electron chi connectivity index (χ2n) is 3.52. The van der Waals surface area contributed by atoms with E-state index in [4.69, 9.17) is 34.8 Å². The summed E-state index contributed by atoms with van der Waals surface area (Å²) >= 11 is 14.4. The van der Waals surface area contributed by atoms with Crippen molar-refractivity contribution in [1.29, 1.82) is 0 Å². The number of alkyl halides is 3. The molecule has 3 heteroatoms. The van der Waals surface area contributed by atoms with Crippen LogP contribution in [0, 0.1) is 0 Å². The third kappa shape index (κ3) is 16.5. The van der Waals surface area contributed by atoms with E-state index in [2.05, 4.69) is 0 Å². The second kappa shape index (κ2) is 13.2. The van der Waals surface area contributed by atoms with Crippen molar-refractivity contribution in [2.75, 3.05) is 0 Å². The van der Waals surface area contributed by atoms with Crippen molar-refractivity contribution in [3.05, 3.63) is 36.4 Å². The molecular formula is C13H19Cl3. The monoisotopic (exact) mass is 280 g/mol. The summed E-state index contributed by atoms with van der Waals surface area (Å²) in [7, 11) is 0. The zero-order valence-corrected chi connectivity index (χ0v) is 11.7. The van der Waals surface area contributed by atoms with Crippen molar-refractivity contribution in [1.82, 2.24) is 0 Å². The zero-order chi connectivity index (χ0) is 12.1. The first-order valence-corrected chi connectivity index (χ1v) is 6.96. The van der Waals surface area contributed by atoms with E-state index in [1.165, 1.54) is 38.5 Å². The Balaban J connectivity index is 0.000000217. The first kappa shape index (κ1) is 16.1. The average Bonchev–Trinajstić information content (AvgIpc) is 2.34. The van der Waals surface area contributed by atoms with Crippen molar-refractivity contribution < 1.29 is 0 Å². The first-order chi connectivity index (χ1) is 7.73. The standard InChI is InChI=1S/C6H12.C6H6.CHCl3/c2*1-2-4-6-5-3-1;2-1(3)4/h1-6H2;1-6H;1H. The van der Waals surface area contributed by atoms with E-state index in [9.17, 15) is 0 Å². The Morgan fingerprint density at radius 1 is 0.500 bits per heavy atom. The lowest BCUT2D eigenvalue weighted by Gasteiger charge is -2.05. The minimum atomic E-state index is -0.750. The van der Waals surface area contributed by atoms with Crippen LogP contribution in [0.1, 0.15) is 38.5 Å². The molecule has 1 aliphatic rings. The van der Waals surface area contributed by atoms with Crippen molar-refractivity contribution in [2.45, 2.75) is 42.8 Å². The van der Waals surface area contributed by atoms with Gasteiger partial charge in [-0.15, -0.1) is 0 Å². The van der Waals surface area contributed by atoms with E-state index in [0.717, 1.165) is 0 Å². The molecule has 0 saturated heterocycles. The lowest BCUT2D eigenvalue weighted by molar-refractivity contribution is 0.504. The lowest BCUT2D eigenvalue weighted by Crippen LogP contribution is -1.85. The number of halogens is 3. The summed E-state index contributed by atoms with van der Waals surface area (Å²) in [6.07, 6.45) is 9.00. The predicted molar refractivity (Wildman–Crippen MR) is 75.5 cm³/mol. The maximum absolute atomic E-state index is 4.81. The van der Waals surface area contributed by atoms with Gasteiger partial charge in [0.05, 0.1) is 0 Å². The number of hydrogen-bond donors (Lipinski definition) is 0. The molecule has 0 unspecified atom stereocenters. The van der Waals surface area contributed by atoms with Crippen molar-refractivity contribution >= 4 is 34.8 Å². The van der Waals surface area contributed by atoms with Crippen molar-refractivity contribution in [3.8, 4) is 0 Å². The molecule has 0 radical (unpaired) electrons. The van der Waals surface area contributed by atoms with E-state index < -0.39 is 4.30 Å². The third-order valence-electron chi connectivity index (χ3n) is 2.17. The largest absolute Gasteiger partial charge is 0.180 e. The molecule has 0 nitrogen and oxygen atoms in total. The molecule has 0 aromatic heterocycles. The third-order valence-corrected chi connectivity index (χ3v) is 2.17. The van der Waals surface area contributed by atoms with Gasteiger partial charge in [-0.3, -0.25) is 0 Å². The Morgan fingerprint density at radius 2 is 0.625 bits per heavy atom. The Kier molecular flexibility index (Phi) is 13.2. The quantitative estimate of drug-likeness (QED) is 0.511. The Morgan fingerprint density at radius 3 is 0.750 bits per heavy atom. The highest BCUT2D eigenvalue weighted by molar-refractivity contribution is 6.63. The highest BCUT2D eigenvalue weighted by Gasteiger charge is 1.95. The number of rotatable bonds is 0. The van der Waals surface area contributed by atoms with Crippen LogP contribution in [0.25, 0.3) is 0 Å². The molecule has 1 saturated carbocycles.